The average molecular weight is 245 g/mol. The Morgan fingerprint density at radius 1 is 1.44 bits per heavy atom. The lowest BCUT2D eigenvalue weighted by molar-refractivity contribution is 0.0909. The fourth-order valence-corrected chi connectivity index (χ4v) is 3.00. The minimum absolute atomic E-state index is 0.0991. The molecule has 1 N–H and O–H groups in total. The van der Waals surface area contributed by atoms with Crippen LogP contribution in [0.3, 0.4) is 0 Å². The number of nitrogens with one attached hydrogen (secondary N) is 1. The van der Waals surface area contributed by atoms with Crippen molar-refractivity contribution in [1.82, 2.24) is 5.32 Å². The Bertz CT molecular complexity index is 470. The molecule has 2 unspecified atom stereocenters. The summed E-state index contributed by atoms with van der Waals surface area (Å²) in [4.78, 5) is 12.6. The van der Waals surface area contributed by atoms with Crippen LogP contribution in [0.2, 0.25) is 0 Å². The second-order valence-corrected chi connectivity index (χ2v) is 5.25. The lowest BCUT2D eigenvalue weighted by Gasteiger charge is -2.22. The van der Waals surface area contributed by atoms with E-state index in [0.29, 0.717) is 0 Å². The third-order valence-electron chi connectivity index (χ3n) is 4.06. The van der Waals surface area contributed by atoms with Crippen molar-refractivity contribution in [1.29, 1.82) is 0 Å². The van der Waals surface area contributed by atoms with Gasteiger partial charge in [0.1, 0.15) is 5.75 Å². The molecule has 2 atom stereocenters. The Morgan fingerprint density at radius 3 is 3.11 bits per heavy atom. The highest BCUT2D eigenvalue weighted by Gasteiger charge is 2.32. The van der Waals surface area contributed by atoms with Crippen molar-refractivity contribution in [2.75, 3.05) is 13.2 Å². The Labute approximate surface area is 108 Å². The molecule has 0 amide bonds. The first-order valence-corrected chi connectivity index (χ1v) is 6.79. The van der Waals surface area contributed by atoms with Crippen molar-refractivity contribution in [2.24, 2.45) is 5.92 Å². The van der Waals surface area contributed by atoms with Gasteiger partial charge in [-0.1, -0.05) is 12.1 Å². The number of hydrogen-bond acceptors (Lipinski definition) is 3. The molecule has 1 aromatic rings. The number of rotatable bonds is 2. The predicted molar refractivity (Wildman–Crippen MR) is 70.2 cm³/mol. The van der Waals surface area contributed by atoms with Gasteiger partial charge in [0.25, 0.3) is 0 Å². The van der Waals surface area contributed by atoms with Crippen LogP contribution in [0.5, 0.6) is 5.75 Å². The largest absolute Gasteiger partial charge is 0.493 e. The zero-order valence-electron chi connectivity index (χ0n) is 10.7. The Hall–Kier alpha value is -1.35. The predicted octanol–water partition coefficient (Wildman–Crippen LogP) is 2.19. The molecule has 0 saturated carbocycles. The number of benzene rings is 1. The van der Waals surface area contributed by atoms with Crippen molar-refractivity contribution in [3.05, 3.63) is 29.3 Å². The standard InChI is InChI=1S/C15H19NO2/c1-10-12(7-8-16-10)14(17)13-6-2-4-11-5-3-9-18-15(11)13/h2,4,6,10,12,16H,3,5,7-9H2,1H3. The van der Waals surface area contributed by atoms with Gasteiger partial charge < -0.3 is 10.1 Å². The Morgan fingerprint density at radius 2 is 2.33 bits per heavy atom. The monoisotopic (exact) mass is 245 g/mol. The second kappa shape index (κ2) is 4.73. The number of fused-ring (bicyclic) bond motifs is 1. The molecule has 0 aromatic heterocycles. The quantitative estimate of drug-likeness (QED) is 0.812. The molecule has 96 valence electrons. The van der Waals surface area contributed by atoms with E-state index in [1.807, 2.05) is 12.1 Å². The molecule has 2 heterocycles. The van der Waals surface area contributed by atoms with Gasteiger partial charge in [-0.05, 0) is 44.4 Å². The molecule has 3 rings (SSSR count). The maximum atomic E-state index is 12.6. The van der Waals surface area contributed by atoms with E-state index in [4.69, 9.17) is 4.74 Å². The Balaban J connectivity index is 1.94. The van der Waals surface area contributed by atoms with Gasteiger partial charge in [-0.3, -0.25) is 4.79 Å². The second-order valence-electron chi connectivity index (χ2n) is 5.25. The first-order chi connectivity index (χ1) is 8.77. The molecular formula is C15H19NO2. The van der Waals surface area contributed by atoms with Crippen LogP contribution in [0.1, 0.15) is 35.7 Å². The van der Waals surface area contributed by atoms with Gasteiger partial charge in [-0.25, -0.2) is 0 Å². The van der Waals surface area contributed by atoms with Gasteiger partial charge in [0, 0.05) is 12.0 Å². The Kier molecular flexibility index (Phi) is 3.08. The third-order valence-corrected chi connectivity index (χ3v) is 4.06. The molecule has 0 bridgehead atoms. The number of hydrogen-bond donors (Lipinski definition) is 1. The molecule has 1 fully saturated rings. The van der Waals surface area contributed by atoms with Crippen LogP contribution in [-0.2, 0) is 6.42 Å². The summed E-state index contributed by atoms with van der Waals surface area (Å²) in [6.45, 7) is 3.76. The SMILES string of the molecule is CC1NCCC1C(=O)c1cccc2c1OCCC2. The summed E-state index contributed by atoms with van der Waals surface area (Å²) in [5.74, 6) is 1.18. The molecule has 1 aromatic carbocycles. The van der Waals surface area contributed by atoms with Crippen molar-refractivity contribution in [3.8, 4) is 5.75 Å². The molecule has 0 aliphatic carbocycles. The van der Waals surface area contributed by atoms with Crippen LogP contribution in [0.4, 0.5) is 0 Å². The van der Waals surface area contributed by atoms with E-state index in [1.165, 1.54) is 5.56 Å². The number of ketones is 1. The number of carbonyl (C=O) groups excluding carboxylic acids is 1. The summed E-state index contributed by atoms with van der Waals surface area (Å²) in [5.41, 5.74) is 1.97. The molecule has 18 heavy (non-hydrogen) atoms. The summed E-state index contributed by atoms with van der Waals surface area (Å²) in [7, 11) is 0. The summed E-state index contributed by atoms with van der Waals surface area (Å²) in [6, 6.07) is 6.24. The van der Waals surface area contributed by atoms with E-state index in [-0.39, 0.29) is 17.7 Å². The van der Waals surface area contributed by atoms with Gasteiger partial charge >= 0.3 is 0 Å². The molecule has 2 aliphatic rings. The van der Waals surface area contributed by atoms with E-state index in [2.05, 4.69) is 18.3 Å². The normalized spacial score (nSPS) is 26.5. The fraction of sp³-hybridized carbons (Fsp3) is 0.533. The first-order valence-electron chi connectivity index (χ1n) is 6.79. The number of aryl methyl sites for hydroxylation is 1. The maximum Gasteiger partial charge on any atom is 0.171 e. The van der Waals surface area contributed by atoms with E-state index in [1.54, 1.807) is 0 Å². The summed E-state index contributed by atoms with van der Waals surface area (Å²) in [6.07, 6.45) is 3.00. The number of carbonyl (C=O) groups is 1. The van der Waals surface area contributed by atoms with Crippen LogP contribution < -0.4 is 10.1 Å². The summed E-state index contributed by atoms with van der Waals surface area (Å²) < 4.78 is 5.73. The van der Waals surface area contributed by atoms with Crippen molar-refractivity contribution in [2.45, 2.75) is 32.2 Å². The maximum absolute atomic E-state index is 12.6. The van der Waals surface area contributed by atoms with Gasteiger partial charge in [0.15, 0.2) is 5.78 Å². The van der Waals surface area contributed by atoms with Gasteiger partial charge in [-0.15, -0.1) is 0 Å². The van der Waals surface area contributed by atoms with Crippen LogP contribution in [0.15, 0.2) is 18.2 Å². The van der Waals surface area contributed by atoms with Gasteiger partial charge in [-0.2, -0.15) is 0 Å². The molecule has 0 radical (unpaired) electrons. The van der Waals surface area contributed by atoms with E-state index in [0.717, 1.165) is 43.7 Å². The third kappa shape index (κ3) is 1.93. The van der Waals surface area contributed by atoms with E-state index >= 15 is 0 Å². The minimum Gasteiger partial charge on any atom is -0.493 e. The topological polar surface area (TPSA) is 38.3 Å². The van der Waals surface area contributed by atoms with Crippen LogP contribution >= 0.6 is 0 Å². The highest BCUT2D eigenvalue weighted by Crippen LogP contribution is 2.32. The fourth-order valence-electron chi connectivity index (χ4n) is 3.00. The molecule has 2 aliphatic heterocycles. The van der Waals surface area contributed by atoms with Crippen LogP contribution in [0, 0.1) is 5.92 Å². The van der Waals surface area contributed by atoms with Crippen LogP contribution in [0.25, 0.3) is 0 Å². The van der Waals surface area contributed by atoms with Crippen molar-refractivity contribution < 1.29 is 9.53 Å². The molecule has 1 saturated heterocycles. The number of Topliss-reactive ketones (excluding diaryl/α,β-unsaturated/α-hetero) is 1. The summed E-state index contributed by atoms with van der Waals surface area (Å²) >= 11 is 0. The molecular weight excluding hydrogens is 226 g/mol. The van der Waals surface area contributed by atoms with Crippen molar-refractivity contribution in [3.63, 3.8) is 0 Å². The number of ether oxygens (including phenoxy) is 1. The smallest absolute Gasteiger partial charge is 0.171 e. The molecule has 3 nitrogen and oxygen atoms in total. The van der Waals surface area contributed by atoms with Gasteiger partial charge in [0.2, 0.25) is 0 Å². The van der Waals surface area contributed by atoms with Crippen molar-refractivity contribution >= 4 is 5.78 Å². The van der Waals surface area contributed by atoms with E-state index in [9.17, 15) is 4.79 Å². The highest BCUT2D eigenvalue weighted by atomic mass is 16.5. The molecule has 3 heteroatoms. The zero-order valence-corrected chi connectivity index (χ0v) is 10.7. The van der Waals surface area contributed by atoms with E-state index < -0.39 is 0 Å². The van der Waals surface area contributed by atoms with Gasteiger partial charge in [0.05, 0.1) is 12.2 Å². The average Bonchev–Trinajstić information content (AvgIpc) is 2.83. The summed E-state index contributed by atoms with van der Waals surface area (Å²) in [5, 5.41) is 3.34. The van der Waals surface area contributed by atoms with Crippen LogP contribution in [-0.4, -0.2) is 25.0 Å². The minimum atomic E-state index is 0.0991. The molecule has 0 spiro atoms. The zero-order chi connectivity index (χ0) is 12.5. The first kappa shape index (κ1) is 11.7. The lowest BCUT2D eigenvalue weighted by atomic mass is 9.89. The highest BCUT2D eigenvalue weighted by molar-refractivity contribution is 6.01. The number of para-hydroxylation sites is 1. The lowest BCUT2D eigenvalue weighted by Crippen LogP contribution is -2.28.